The fourth-order valence-electron chi connectivity index (χ4n) is 3.77. The Kier molecular flexibility index (Phi) is 4.32. The molecule has 2 fully saturated rings. The monoisotopic (exact) mass is 355 g/mol. The number of aryl methyl sites for hydroxylation is 1. The molecule has 2 amide bonds. The van der Waals surface area contributed by atoms with Crippen molar-refractivity contribution in [1.29, 1.82) is 0 Å². The maximum atomic E-state index is 12.7. The van der Waals surface area contributed by atoms with Crippen LogP contribution in [0, 0.1) is 0 Å². The van der Waals surface area contributed by atoms with Crippen LogP contribution in [0.15, 0.2) is 43.0 Å². The Bertz CT molecular complexity index is 779. The number of fused-ring (bicyclic) bond motifs is 1. The van der Waals surface area contributed by atoms with E-state index in [2.05, 4.69) is 10.2 Å². The Morgan fingerprint density at radius 1 is 1.15 bits per heavy atom. The molecule has 8 heteroatoms. The summed E-state index contributed by atoms with van der Waals surface area (Å²) in [6, 6.07) is 10.0. The average Bonchev–Trinajstić information content (AvgIpc) is 3.29. The van der Waals surface area contributed by atoms with Crippen molar-refractivity contribution in [3.05, 3.63) is 48.5 Å². The van der Waals surface area contributed by atoms with Gasteiger partial charge in [0.15, 0.2) is 0 Å². The zero-order chi connectivity index (χ0) is 18.0. The minimum absolute atomic E-state index is 0.0742. The van der Waals surface area contributed by atoms with Gasteiger partial charge in [-0.25, -0.2) is 4.79 Å². The van der Waals surface area contributed by atoms with Gasteiger partial charge in [0.2, 0.25) is 5.91 Å². The highest BCUT2D eigenvalue weighted by Crippen LogP contribution is 2.32. The lowest BCUT2D eigenvalue weighted by atomic mass is 9.88. The van der Waals surface area contributed by atoms with E-state index in [4.69, 9.17) is 4.74 Å². The molecule has 3 heterocycles. The minimum atomic E-state index is -0.483. The molecule has 0 saturated carbocycles. The van der Waals surface area contributed by atoms with Crippen LogP contribution in [0.3, 0.4) is 0 Å². The van der Waals surface area contributed by atoms with Crippen LogP contribution in [0.5, 0.6) is 0 Å². The van der Waals surface area contributed by atoms with Crippen LogP contribution < -0.4 is 0 Å². The Morgan fingerprint density at radius 3 is 2.69 bits per heavy atom. The van der Waals surface area contributed by atoms with Gasteiger partial charge in [-0.05, 0) is 5.56 Å². The number of hydrogen-bond donors (Lipinski definition) is 0. The van der Waals surface area contributed by atoms with Crippen molar-refractivity contribution < 1.29 is 14.3 Å². The van der Waals surface area contributed by atoms with Gasteiger partial charge >= 0.3 is 6.09 Å². The molecule has 2 saturated heterocycles. The van der Waals surface area contributed by atoms with Gasteiger partial charge in [-0.3, -0.25) is 9.69 Å². The third-order valence-electron chi connectivity index (χ3n) is 5.12. The SMILES string of the molecule is O=C(CCn1cnnc1)N1CCN2C(=O)OCC2(Cc2ccccc2)C1. The molecule has 0 aliphatic carbocycles. The molecule has 0 radical (unpaired) electrons. The summed E-state index contributed by atoms with van der Waals surface area (Å²) in [4.78, 5) is 28.5. The molecule has 0 N–H and O–H groups in total. The van der Waals surface area contributed by atoms with E-state index in [1.807, 2.05) is 35.2 Å². The van der Waals surface area contributed by atoms with E-state index in [9.17, 15) is 9.59 Å². The molecular formula is C18H21N5O3. The number of hydrogen-bond acceptors (Lipinski definition) is 5. The van der Waals surface area contributed by atoms with E-state index in [1.54, 1.807) is 22.1 Å². The number of cyclic esters (lactones) is 1. The third-order valence-corrected chi connectivity index (χ3v) is 5.12. The topological polar surface area (TPSA) is 80.6 Å². The fourth-order valence-corrected chi connectivity index (χ4v) is 3.77. The van der Waals surface area contributed by atoms with Crippen LogP contribution in [0.1, 0.15) is 12.0 Å². The number of nitrogens with zero attached hydrogens (tertiary/aromatic N) is 5. The molecule has 4 rings (SSSR count). The van der Waals surface area contributed by atoms with Crippen molar-refractivity contribution in [2.45, 2.75) is 24.9 Å². The first-order chi connectivity index (χ1) is 12.7. The highest BCUT2D eigenvalue weighted by atomic mass is 16.6. The van der Waals surface area contributed by atoms with Crippen molar-refractivity contribution in [2.24, 2.45) is 0 Å². The molecule has 1 unspecified atom stereocenters. The maximum absolute atomic E-state index is 12.7. The second kappa shape index (κ2) is 6.78. The average molecular weight is 355 g/mol. The van der Waals surface area contributed by atoms with Gasteiger partial charge in [-0.15, -0.1) is 10.2 Å². The van der Waals surface area contributed by atoms with Crippen LogP contribution in [0.2, 0.25) is 0 Å². The zero-order valence-electron chi connectivity index (χ0n) is 14.5. The van der Waals surface area contributed by atoms with E-state index in [1.165, 1.54) is 0 Å². The van der Waals surface area contributed by atoms with E-state index >= 15 is 0 Å². The summed E-state index contributed by atoms with van der Waals surface area (Å²) in [7, 11) is 0. The van der Waals surface area contributed by atoms with Crippen molar-refractivity contribution in [3.8, 4) is 0 Å². The standard InChI is InChI=1S/C18H21N5O3/c24-16(6-7-21-13-19-20-14-21)22-8-9-23-17(25)26-12-18(23,11-22)10-15-4-2-1-3-5-15/h1-5,13-14H,6-12H2. The predicted octanol–water partition coefficient (Wildman–Crippen LogP) is 0.944. The first kappa shape index (κ1) is 16.6. The molecule has 2 aliphatic rings. The molecule has 1 aromatic carbocycles. The molecular weight excluding hydrogens is 334 g/mol. The largest absolute Gasteiger partial charge is 0.447 e. The summed E-state index contributed by atoms with van der Waals surface area (Å²) in [5, 5.41) is 7.50. The molecule has 1 atom stereocenters. The smallest absolute Gasteiger partial charge is 0.410 e. The van der Waals surface area contributed by atoms with Gasteiger partial charge in [0.25, 0.3) is 0 Å². The fraction of sp³-hybridized carbons (Fsp3) is 0.444. The van der Waals surface area contributed by atoms with E-state index in [0.717, 1.165) is 5.56 Å². The molecule has 0 spiro atoms. The summed E-state index contributed by atoms with van der Waals surface area (Å²) in [6.45, 7) is 2.40. The van der Waals surface area contributed by atoms with Gasteiger partial charge in [0.1, 0.15) is 24.8 Å². The summed E-state index contributed by atoms with van der Waals surface area (Å²) >= 11 is 0. The number of benzene rings is 1. The number of carbonyl (C=O) groups is 2. The first-order valence-corrected chi connectivity index (χ1v) is 8.75. The first-order valence-electron chi connectivity index (χ1n) is 8.75. The second-order valence-corrected chi connectivity index (χ2v) is 6.86. The number of amides is 2. The highest BCUT2D eigenvalue weighted by Gasteiger charge is 2.51. The molecule has 26 heavy (non-hydrogen) atoms. The van der Waals surface area contributed by atoms with Gasteiger partial charge in [-0.1, -0.05) is 30.3 Å². The number of carbonyl (C=O) groups excluding carboxylic acids is 2. The van der Waals surface area contributed by atoms with Crippen molar-refractivity contribution in [1.82, 2.24) is 24.6 Å². The lowest BCUT2D eigenvalue weighted by molar-refractivity contribution is -0.135. The van der Waals surface area contributed by atoms with Crippen LogP contribution in [0.4, 0.5) is 4.79 Å². The highest BCUT2D eigenvalue weighted by molar-refractivity contribution is 5.78. The maximum Gasteiger partial charge on any atom is 0.410 e. The van der Waals surface area contributed by atoms with Crippen LogP contribution in [-0.4, -0.2) is 68.3 Å². The molecule has 136 valence electrons. The number of ether oxygens (including phenoxy) is 1. The van der Waals surface area contributed by atoms with E-state index in [0.29, 0.717) is 45.6 Å². The lowest BCUT2D eigenvalue weighted by Crippen LogP contribution is -2.63. The van der Waals surface area contributed by atoms with Crippen LogP contribution in [-0.2, 0) is 22.5 Å². The molecule has 8 nitrogen and oxygen atoms in total. The summed E-state index contributed by atoms with van der Waals surface area (Å²) in [5.41, 5.74) is 0.651. The summed E-state index contributed by atoms with van der Waals surface area (Å²) in [6.07, 6.45) is 3.98. The van der Waals surface area contributed by atoms with Gasteiger partial charge in [0, 0.05) is 39.0 Å². The third kappa shape index (κ3) is 3.14. The minimum Gasteiger partial charge on any atom is -0.447 e. The lowest BCUT2D eigenvalue weighted by Gasteiger charge is -2.44. The molecule has 1 aromatic heterocycles. The van der Waals surface area contributed by atoms with Crippen LogP contribution in [0.25, 0.3) is 0 Å². The van der Waals surface area contributed by atoms with E-state index in [-0.39, 0.29) is 12.0 Å². The predicted molar refractivity (Wildman–Crippen MR) is 92.2 cm³/mol. The Labute approximate surface area is 151 Å². The summed E-state index contributed by atoms with van der Waals surface area (Å²) < 4.78 is 7.14. The molecule has 0 bridgehead atoms. The normalized spacial score (nSPS) is 22.2. The number of rotatable bonds is 5. The Morgan fingerprint density at radius 2 is 1.92 bits per heavy atom. The van der Waals surface area contributed by atoms with Gasteiger partial charge in [-0.2, -0.15) is 0 Å². The Hall–Kier alpha value is -2.90. The second-order valence-electron chi connectivity index (χ2n) is 6.86. The van der Waals surface area contributed by atoms with Gasteiger partial charge < -0.3 is 14.2 Å². The number of aromatic nitrogens is 3. The van der Waals surface area contributed by atoms with Crippen molar-refractivity contribution >= 4 is 12.0 Å². The van der Waals surface area contributed by atoms with Crippen molar-refractivity contribution in [3.63, 3.8) is 0 Å². The quantitative estimate of drug-likeness (QED) is 0.798. The van der Waals surface area contributed by atoms with Crippen molar-refractivity contribution in [2.75, 3.05) is 26.2 Å². The summed E-state index contributed by atoms with van der Waals surface area (Å²) in [5.74, 6) is 0.0742. The number of piperazine rings is 1. The van der Waals surface area contributed by atoms with E-state index < -0.39 is 5.54 Å². The Balaban J connectivity index is 1.47. The molecule has 2 aliphatic heterocycles. The molecule has 2 aromatic rings. The van der Waals surface area contributed by atoms with Gasteiger partial charge in [0.05, 0.1) is 0 Å². The van der Waals surface area contributed by atoms with Crippen LogP contribution >= 0.6 is 0 Å². The zero-order valence-corrected chi connectivity index (χ0v) is 14.5.